The monoisotopic (exact) mass is 233 g/mol. The Morgan fingerprint density at radius 2 is 2.18 bits per heavy atom. The third-order valence-electron chi connectivity index (χ3n) is 3.75. The molecule has 0 spiro atoms. The zero-order chi connectivity index (χ0) is 12.3. The van der Waals surface area contributed by atoms with Crippen molar-refractivity contribution < 1.29 is 0 Å². The van der Waals surface area contributed by atoms with Crippen LogP contribution in [0, 0.1) is 5.41 Å². The summed E-state index contributed by atoms with van der Waals surface area (Å²) in [7, 11) is 0. The van der Waals surface area contributed by atoms with E-state index in [9.17, 15) is 0 Å². The van der Waals surface area contributed by atoms with Crippen molar-refractivity contribution >= 4 is 5.82 Å². The van der Waals surface area contributed by atoms with Gasteiger partial charge in [0.15, 0.2) is 0 Å². The molecule has 0 bridgehead atoms. The summed E-state index contributed by atoms with van der Waals surface area (Å²) in [6, 6.07) is 4.05. The minimum absolute atomic E-state index is 0.495. The van der Waals surface area contributed by atoms with E-state index < -0.39 is 0 Å². The predicted molar refractivity (Wildman–Crippen MR) is 71.6 cm³/mol. The normalized spacial score (nSPS) is 21.1. The molecule has 1 fully saturated rings. The van der Waals surface area contributed by atoms with Crippen molar-refractivity contribution in [3.63, 3.8) is 0 Å². The maximum atomic E-state index is 5.89. The smallest absolute Gasteiger partial charge is 0.127 e. The fourth-order valence-electron chi connectivity index (χ4n) is 2.46. The Morgan fingerprint density at radius 1 is 1.35 bits per heavy atom. The van der Waals surface area contributed by atoms with Crippen LogP contribution in [0.25, 0.3) is 0 Å². The molecule has 0 aromatic carbocycles. The van der Waals surface area contributed by atoms with Gasteiger partial charge in [0, 0.05) is 18.3 Å². The van der Waals surface area contributed by atoms with E-state index in [0.29, 0.717) is 11.2 Å². The van der Waals surface area contributed by atoms with E-state index >= 15 is 0 Å². The predicted octanol–water partition coefficient (Wildman–Crippen LogP) is 2.68. The Labute approximate surface area is 104 Å². The quantitative estimate of drug-likeness (QED) is 0.854. The van der Waals surface area contributed by atoms with Gasteiger partial charge in [-0.05, 0) is 43.8 Å². The summed E-state index contributed by atoms with van der Waals surface area (Å²) >= 11 is 0. The third kappa shape index (κ3) is 3.43. The van der Waals surface area contributed by atoms with Gasteiger partial charge >= 0.3 is 0 Å². The van der Waals surface area contributed by atoms with Gasteiger partial charge in [-0.25, -0.2) is 4.98 Å². The number of hydrogen-bond donors (Lipinski definition) is 1. The van der Waals surface area contributed by atoms with Gasteiger partial charge in [-0.15, -0.1) is 0 Å². The molecule has 3 heteroatoms. The molecule has 1 aliphatic rings. The lowest BCUT2D eigenvalue weighted by Crippen LogP contribution is -2.25. The molecule has 1 aromatic rings. The molecule has 0 saturated carbocycles. The maximum Gasteiger partial charge on any atom is 0.127 e. The standard InChI is InChI=1S/C14H23N3/c1-14(2)6-4-9-17(10-7-14)11-12-5-3-8-16-13(12)15/h3,5,8H,4,6-7,9-11H2,1-2H3,(H2,15,16). The fourth-order valence-corrected chi connectivity index (χ4v) is 2.46. The van der Waals surface area contributed by atoms with Gasteiger partial charge < -0.3 is 5.73 Å². The second kappa shape index (κ2) is 5.05. The molecular weight excluding hydrogens is 210 g/mol. The molecule has 2 rings (SSSR count). The molecule has 3 nitrogen and oxygen atoms in total. The first kappa shape index (κ1) is 12.4. The first-order valence-corrected chi connectivity index (χ1v) is 6.49. The summed E-state index contributed by atoms with van der Waals surface area (Å²) in [6.07, 6.45) is 5.64. The lowest BCUT2D eigenvalue weighted by atomic mass is 9.85. The molecule has 17 heavy (non-hydrogen) atoms. The number of anilines is 1. The number of nitrogens with two attached hydrogens (primary N) is 1. The summed E-state index contributed by atoms with van der Waals surface area (Å²) in [4.78, 5) is 6.65. The summed E-state index contributed by atoms with van der Waals surface area (Å²) in [5, 5.41) is 0. The number of rotatable bonds is 2. The molecule has 0 aliphatic carbocycles. The topological polar surface area (TPSA) is 42.2 Å². The van der Waals surface area contributed by atoms with E-state index in [1.165, 1.54) is 32.4 Å². The molecule has 0 unspecified atom stereocenters. The van der Waals surface area contributed by atoms with Crippen LogP contribution in [0.2, 0.25) is 0 Å². The molecular formula is C14H23N3. The van der Waals surface area contributed by atoms with E-state index in [1.807, 2.05) is 6.07 Å². The average Bonchev–Trinajstić information content (AvgIpc) is 2.44. The number of hydrogen-bond acceptors (Lipinski definition) is 3. The zero-order valence-corrected chi connectivity index (χ0v) is 10.9. The first-order valence-electron chi connectivity index (χ1n) is 6.49. The van der Waals surface area contributed by atoms with Gasteiger partial charge in [-0.3, -0.25) is 4.90 Å². The molecule has 94 valence electrons. The SMILES string of the molecule is CC1(C)CCCN(Cc2cccnc2N)CC1. The highest BCUT2D eigenvalue weighted by molar-refractivity contribution is 5.38. The van der Waals surface area contributed by atoms with E-state index in [-0.39, 0.29) is 0 Å². The second-order valence-electron chi connectivity index (χ2n) is 5.84. The van der Waals surface area contributed by atoms with E-state index in [1.54, 1.807) is 6.20 Å². The van der Waals surface area contributed by atoms with Crippen LogP contribution in [-0.4, -0.2) is 23.0 Å². The van der Waals surface area contributed by atoms with Crippen LogP contribution in [0.1, 0.15) is 38.7 Å². The Bertz CT molecular complexity index is 373. The average molecular weight is 233 g/mol. The van der Waals surface area contributed by atoms with Crippen molar-refractivity contribution in [2.75, 3.05) is 18.8 Å². The van der Waals surface area contributed by atoms with Crippen molar-refractivity contribution in [3.8, 4) is 0 Å². The molecule has 1 aliphatic heterocycles. The van der Waals surface area contributed by atoms with Gasteiger partial charge in [0.05, 0.1) is 0 Å². The molecule has 0 radical (unpaired) electrons. The summed E-state index contributed by atoms with van der Waals surface area (Å²) in [5.74, 6) is 0.677. The molecule has 1 aromatic heterocycles. The van der Waals surface area contributed by atoms with Gasteiger partial charge in [-0.2, -0.15) is 0 Å². The Hall–Kier alpha value is -1.09. The van der Waals surface area contributed by atoms with Crippen LogP contribution in [0.4, 0.5) is 5.82 Å². The van der Waals surface area contributed by atoms with E-state index in [4.69, 9.17) is 5.73 Å². The largest absolute Gasteiger partial charge is 0.383 e. The van der Waals surface area contributed by atoms with Crippen LogP contribution >= 0.6 is 0 Å². The maximum absolute atomic E-state index is 5.89. The van der Waals surface area contributed by atoms with Crippen molar-refractivity contribution in [1.29, 1.82) is 0 Å². The third-order valence-corrected chi connectivity index (χ3v) is 3.75. The summed E-state index contributed by atoms with van der Waals surface area (Å²) in [6.45, 7) is 8.03. The zero-order valence-electron chi connectivity index (χ0n) is 10.9. The lowest BCUT2D eigenvalue weighted by molar-refractivity contribution is 0.256. The Kier molecular flexibility index (Phi) is 3.67. The number of nitrogens with zero attached hydrogens (tertiary/aromatic N) is 2. The Balaban J connectivity index is 1.98. The molecule has 2 heterocycles. The first-order chi connectivity index (χ1) is 8.07. The van der Waals surface area contributed by atoms with Crippen molar-refractivity contribution in [2.45, 2.75) is 39.7 Å². The van der Waals surface area contributed by atoms with Crippen molar-refractivity contribution in [3.05, 3.63) is 23.9 Å². The second-order valence-corrected chi connectivity index (χ2v) is 5.84. The van der Waals surface area contributed by atoms with Crippen LogP contribution in [0.15, 0.2) is 18.3 Å². The Morgan fingerprint density at radius 3 is 2.94 bits per heavy atom. The number of aromatic nitrogens is 1. The van der Waals surface area contributed by atoms with Crippen molar-refractivity contribution in [2.24, 2.45) is 5.41 Å². The number of pyridine rings is 1. The van der Waals surface area contributed by atoms with Crippen LogP contribution in [0.3, 0.4) is 0 Å². The van der Waals surface area contributed by atoms with Gasteiger partial charge in [-0.1, -0.05) is 19.9 Å². The van der Waals surface area contributed by atoms with E-state index in [0.717, 1.165) is 12.1 Å². The molecule has 0 amide bonds. The minimum Gasteiger partial charge on any atom is -0.383 e. The van der Waals surface area contributed by atoms with Gasteiger partial charge in [0.2, 0.25) is 0 Å². The highest BCUT2D eigenvalue weighted by Gasteiger charge is 2.23. The van der Waals surface area contributed by atoms with Crippen molar-refractivity contribution in [1.82, 2.24) is 9.88 Å². The van der Waals surface area contributed by atoms with Crippen LogP contribution in [-0.2, 0) is 6.54 Å². The van der Waals surface area contributed by atoms with E-state index in [2.05, 4.69) is 29.8 Å². The molecule has 0 atom stereocenters. The van der Waals surface area contributed by atoms with Gasteiger partial charge in [0.1, 0.15) is 5.82 Å². The molecule has 1 saturated heterocycles. The highest BCUT2D eigenvalue weighted by Crippen LogP contribution is 2.30. The number of nitrogen functional groups attached to an aromatic ring is 1. The van der Waals surface area contributed by atoms with Crippen LogP contribution in [0.5, 0.6) is 0 Å². The lowest BCUT2D eigenvalue weighted by Gasteiger charge is -2.23. The minimum atomic E-state index is 0.495. The van der Waals surface area contributed by atoms with Crippen LogP contribution < -0.4 is 5.73 Å². The highest BCUT2D eigenvalue weighted by atomic mass is 15.1. The molecule has 2 N–H and O–H groups in total. The van der Waals surface area contributed by atoms with Gasteiger partial charge in [0.25, 0.3) is 0 Å². The summed E-state index contributed by atoms with van der Waals surface area (Å²) in [5.41, 5.74) is 7.55. The fraction of sp³-hybridized carbons (Fsp3) is 0.643. The number of likely N-dealkylation sites (tertiary alicyclic amines) is 1. The summed E-state index contributed by atoms with van der Waals surface area (Å²) < 4.78 is 0.